The first-order valence-electron chi connectivity index (χ1n) is 6.02. The molecule has 1 atom stereocenters. The minimum atomic E-state index is -0.881. The van der Waals surface area contributed by atoms with E-state index in [1.807, 2.05) is 6.92 Å². The summed E-state index contributed by atoms with van der Waals surface area (Å²) >= 11 is 0. The summed E-state index contributed by atoms with van der Waals surface area (Å²) in [5, 5.41) is 5.34. The second-order valence-corrected chi connectivity index (χ2v) is 5.49. The molecule has 0 aliphatic carbocycles. The number of carbonyl (C=O) groups is 1. The van der Waals surface area contributed by atoms with E-state index in [1.54, 1.807) is 6.26 Å². The van der Waals surface area contributed by atoms with Gasteiger partial charge in [-0.25, -0.2) is 9.37 Å². The van der Waals surface area contributed by atoms with Crippen LogP contribution in [0.4, 0.5) is 10.2 Å². The molecular weight excluding hydrogens is 269 g/mol. The van der Waals surface area contributed by atoms with Gasteiger partial charge in [-0.3, -0.25) is 9.00 Å². The highest BCUT2D eigenvalue weighted by atomic mass is 32.2. The van der Waals surface area contributed by atoms with Crippen LogP contribution >= 0.6 is 0 Å². The minimum absolute atomic E-state index is 0.0384. The summed E-state index contributed by atoms with van der Waals surface area (Å²) in [6, 6.07) is 1.34. The Bertz CT molecular complexity index is 468. The molecule has 5 nitrogen and oxygen atoms in total. The number of amides is 1. The molecule has 1 unspecified atom stereocenters. The summed E-state index contributed by atoms with van der Waals surface area (Å²) in [5.74, 6) is -0.548. The lowest BCUT2D eigenvalue weighted by molar-refractivity contribution is 0.0949. The van der Waals surface area contributed by atoms with Gasteiger partial charge in [0.25, 0.3) is 5.91 Å². The number of nitrogens with one attached hydrogen (secondary N) is 2. The lowest BCUT2D eigenvalue weighted by atomic mass is 10.2. The van der Waals surface area contributed by atoms with Crippen LogP contribution < -0.4 is 10.6 Å². The molecule has 1 aromatic heterocycles. The van der Waals surface area contributed by atoms with E-state index in [1.165, 1.54) is 12.3 Å². The predicted molar refractivity (Wildman–Crippen MR) is 74.2 cm³/mol. The van der Waals surface area contributed by atoms with E-state index in [0.29, 0.717) is 25.3 Å². The largest absolute Gasteiger partial charge is 0.368 e. The van der Waals surface area contributed by atoms with Gasteiger partial charge in [0, 0.05) is 42.1 Å². The average molecular weight is 287 g/mol. The Morgan fingerprint density at radius 2 is 2.26 bits per heavy atom. The normalized spacial score (nSPS) is 11.9. The SMILES string of the molecule is CCNc1nccc(C(=O)NCCCS(C)=O)c1F. The van der Waals surface area contributed by atoms with Gasteiger partial charge in [-0.1, -0.05) is 0 Å². The third kappa shape index (κ3) is 4.94. The number of hydrogen-bond donors (Lipinski definition) is 2. The van der Waals surface area contributed by atoms with Gasteiger partial charge in [-0.2, -0.15) is 0 Å². The Kier molecular flexibility index (Phi) is 6.41. The smallest absolute Gasteiger partial charge is 0.254 e. The fourth-order valence-corrected chi connectivity index (χ4v) is 2.03. The topological polar surface area (TPSA) is 71.1 Å². The molecule has 0 aromatic carbocycles. The molecule has 7 heteroatoms. The van der Waals surface area contributed by atoms with Gasteiger partial charge < -0.3 is 10.6 Å². The van der Waals surface area contributed by atoms with Gasteiger partial charge in [0.1, 0.15) is 0 Å². The second kappa shape index (κ2) is 7.83. The van der Waals surface area contributed by atoms with Crippen molar-refractivity contribution in [3.63, 3.8) is 0 Å². The number of anilines is 1. The molecule has 1 heterocycles. The molecule has 0 spiro atoms. The molecule has 2 N–H and O–H groups in total. The summed E-state index contributed by atoms with van der Waals surface area (Å²) in [4.78, 5) is 15.6. The van der Waals surface area contributed by atoms with Gasteiger partial charge in [0.05, 0.1) is 5.56 Å². The standard InChI is InChI=1S/C12H18FN3O2S/c1-3-14-11-10(13)9(5-7-15-11)12(17)16-6-4-8-19(2)18/h5,7H,3-4,6,8H2,1-2H3,(H,14,15)(H,16,17). The maximum atomic E-state index is 13.9. The monoisotopic (exact) mass is 287 g/mol. The Balaban J connectivity index is 2.61. The predicted octanol–water partition coefficient (Wildman–Crippen LogP) is 1.15. The average Bonchev–Trinajstić information content (AvgIpc) is 2.37. The first-order chi connectivity index (χ1) is 9.06. The third-order valence-corrected chi connectivity index (χ3v) is 3.24. The summed E-state index contributed by atoms with van der Waals surface area (Å²) in [7, 11) is -0.881. The van der Waals surface area contributed by atoms with Crippen LogP contribution in [0.3, 0.4) is 0 Å². The summed E-state index contributed by atoms with van der Waals surface area (Å²) in [6.45, 7) is 2.72. The van der Waals surface area contributed by atoms with Gasteiger partial charge >= 0.3 is 0 Å². The Hall–Kier alpha value is -1.50. The zero-order valence-corrected chi connectivity index (χ0v) is 11.8. The van der Waals surface area contributed by atoms with Crippen LogP contribution in [0.2, 0.25) is 0 Å². The van der Waals surface area contributed by atoms with Gasteiger partial charge in [-0.15, -0.1) is 0 Å². The number of pyridine rings is 1. The number of rotatable bonds is 7. The van der Waals surface area contributed by atoms with E-state index in [2.05, 4.69) is 15.6 Å². The highest BCUT2D eigenvalue weighted by molar-refractivity contribution is 7.84. The molecule has 1 rings (SSSR count). The molecule has 106 valence electrons. The van der Waals surface area contributed by atoms with E-state index < -0.39 is 22.5 Å². The molecule has 0 saturated heterocycles. The van der Waals surface area contributed by atoms with Crippen molar-refractivity contribution in [2.45, 2.75) is 13.3 Å². The molecular formula is C12H18FN3O2S. The Morgan fingerprint density at radius 3 is 2.89 bits per heavy atom. The molecule has 0 aliphatic heterocycles. The van der Waals surface area contributed by atoms with Gasteiger partial charge in [-0.05, 0) is 19.4 Å². The lowest BCUT2D eigenvalue weighted by Crippen LogP contribution is -2.26. The molecule has 0 radical (unpaired) electrons. The maximum absolute atomic E-state index is 13.9. The van der Waals surface area contributed by atoms with Crippen LogP contribution in [0.1, 0.15) is 23.7 Å². The van der Waals surface area contributed by atoms with Crippen LogP contribution in [0.5, 0.6) is 0 Å². The fourth-order valence-electron chi connectivity index (χ4n) is 1.48. The summed E-state index contributed by atoms with van der Waals surface area (Å²) < 4.78 is 24.8. The van der Waals surface area contributed by atoms with E-state index in [0.717, 1.165) is 0 Å². The van der Waals surface area contributed by atoms with Crippen molar-refractivity contribution in [3.8, 4) is 0 Å². The Labute approximate surface area is 114 Å². The van der Waals surface area contributed by atoms with E-state index >= 15 is 0 Å². The number of aromatic nitrogens is 1. The highest BCUT2D eigenvalue weighted by Gasteiger charge is 2.15. The van der Waals surface area contributed by atoms with Crippen LogP contribution in [0.15, 0.2) is 12.3 Å². The molecule has 19 heavy (non-hydrogen) atoms. The number of hydrogen-bond acceptors (Lipinski definition) is 4. The van der Waals surface area contributed by atoms with Gasteiger partial charge in [0.2, 0.25) is 0 Å². The Morgan fingerprint density at radius 1 is 1.53 bits per heavy atom. The van der Waals surface area contributed by atoms with E-state index in [-0.39, 0.29) is 11.4 Å². The van der Waals surface area contributed by atoms with Crippen molar-refractivity contribution in [1.29, 1.82) is 0 Å². The first-order valence-corrected chi connectivity index (χ1v) is 7.75. The number of nitrogens with zero attached hydrogens (tertiary/aromatic N) is 1. The van der Waals surface area contributed by atoms with Crippen LogP contribution in [-0.4, -0.2) is 40.2 Å². The zero-order valence-electron chi connectivity index (χ0n) is 11.0. The third-order valence-electron chi connectivity index (χ3n) is 2.37. The second-order valence-electron chi connectivity index (χ2n) is 3.94. The summed E-state index contributed by atoms with van der Waals surface area (Å²) in [5.41, 5.74) is -0.0384. The van der Waals surface area contributed by atoms with Crippen molar-refractivity contribution in [1.82, 2.24) is 10.3 Å². The van der Waals surface area contributed by atoms with Crippen molar-refractivity contribution in [2.75, 3.05) is 30.4 Å². The van der Waals surface area contributed by atoms with Crippen LogP contribution in [0, 0.1) is 5.82 Å². The van der Waals surface area contributed by atoms with Crippen LogP contribution in [0.25, 0.3) is 0 Å². The zero-order chi connectivity index (χ0) is 14.3. The summed E-state index contributed by atoms with van der Waals surface area (Å²) in [6.07, 6.45) is 3.59. The maximum Gasteiger partial charge on any atom is 0.254 e. The van der Waals surface area contributed by atoms with E-state index in [4.69, 9.17) is 0 Å². The quantitative estimate of drug-likeness (QED) is 0.738. The van der Waals surface area contributed by atoms with Crippen LogP contribution in [-0.2, 0) is 10.8 Å². The van der Waals surface area contributed by atoms with Crippen molar-refractivity contribution < 1.29 is 13.4 Å². The highest BCUT2D eigenvalue weighted by Crippen LogP contribution is 2.14. The fraction of sp³-hybridized carbons (Fsp3) is 0.500. The number of carbonyl (C=O) groups excluding carboxylic acids is 1. The minimum Gasteiger partial charge on any atom is -0.368 e. The van der Waals surface area contributed by atoms with Crippen molar-refractivity contribution >= 4 is 22.5 Å². The lowest BCUT2D eigenvalue weighted by Gasteiger charge is -2.08. The molecule has 0 saturated carbocycles. The first kappa shape index (κ1) is 15.6. The van der Waals surface area contributed by atoms with Crippen molar-refractivity contribution in [2.24, 2.45) is 0 Å². The van der Waals surface area contributed by atoms with Crippen molar-refractivity contribution in [3.05, 3.63) is 23.6 Å². The molecule has 0 aliphatic rings. The molecule has 0 bridgehead atoms. The molecule has 1 aromatic rings. The molecule has 1 amide bonds. The van der Waals surface area contributed by atoms with Gasteiger partial charge in [0.15, 0.2) is 11.6 Å². The molecule has 0 fully saturated rings. The number of halogens is 1. The van der Waals surface area contributed by atoms with E-state index in [9.17, 15) is 13.4 Å².